The SMILES string of the molecule is O=C(Nc1ccc(N2CCCS2(=O)=O)cc1)c1cccc(S(=O)(=O)NC[C@@H]2CCCO2)c1. The van der Waals surface area contributed by atoms with Gasteiger partial charge in [-0.25, -0.2) is 21.6 Å². The number of amides is 1. The van der Waals surface area contributed by atoms with Crippen LogP contribution in [-0.4, -0.2) is 54.3 Å². The molecule has 2 aromatic carbocycles. The summed E-state index contributed by atoms with van der Waals surface area (Å²) >= 11 is 0. The zero-order valence-electron chi connectivity index (χ0n) is 17.4. The van der Waals surface area contributed by atoms with Gasteiger partial charge in [0.05, 0.1) is 22.4 Å². The highest BCUT2D eigenvalue weighted by Gasteiger charge is 2.28. The van der Waals surface area contributed by atoms with Crippen molar-refractivity contribution in [3.05, 3.63) is 54.1 Å². The smallest absolute Gasteiger partial charge is 0.255 e. The first-order valence-electron chi connectivity index (χ1n) is 10.4. The predicted octanol–water partition coefficient (Wildman–Crippen LogP) is 1.94. The average Bonchev–Trinajstić information content (AvgIpc) is 3.42. The number of hydrogen-bond acceptors (Lipinski definition) is 6. The summed E-state index contributed by atoms with van der Waals surface area (Å²) < 4.78 is 58.6. The number of carbonyl (C=O) groups excluding carboxylic acids is 1. The summed E-state index contributed by atoms with van der Waals surface area (Å²) in [5.41, 5.74) is 1.21. The van der Waals surface area contributed by atoms with Gasteiger partial charge in [0, 0.05) is 30.9 Å². The van der Waals surface area contributed by atoms with Crippen molar-refractivity contribution in [3.63, 3.8) is 0 Å². The standard InChI is InChI=1S/C21H25N3O6S2/c25-21(23-17-7-9-18(10-8-17)24-11-3-13-31(24,26)27)16-4-1-6-20(14-16)32(28,29)22-15-19-5-2-12-30-19/h1,4,6-10,14,19,22H,2-3,5,11-13,15H2,(H,23,25)/t19-/m0/s1. The molecule has 0 saturated carbocycles. The quantitative estimate of drug-likeness (QED) is 0.626. The van der Waals surface area contributed by atoms with Gasteiger partial charge >= 0.3 is 0 Å². The largest absolute Gasteiger partial charge is 0.377 e. The number of hydrogen-bond donors (Lipinski definition) is 2. The first-order chi connectivity index (χ1) is 15.2. The maximum Gasteiger partial charge on any atom is 0.255 e. The lowest BCUT2D eigenvalue weighted by molar-refractivity contribution is 0.102. The fourth-order valence-corrected chi connectivity index (χ4v) is 6.42. The van der Waals surface area contributed by atoms with Crippen LogP contribution in [0, 0.1) is 0 Å². The Hall–Kier alpha value is -2.47. The summed E-state index contributed by atoms with van der Waals surface area (Å²) in [6.07, 6.45) is 2.18. The number of benzene rings is 2. The van der Waals surface area contributed by atoms with Gasteiger partial charge in [0.1, 0.15) is 0 Å². The summed E-state index contributed by atoms with van der Waals surface area (Å²) in [4.78, 5) is 12.6. The first-order valence-corrected chi connectivity index (χ1v) is 13.5. The van der Waals surface area contributed by atoms with E-state index in [0.29, 0.717) is 30.9 Å². The van der Waals surface area contributed by atoms with Gasteiger partial charge in [-0.05, 0) is 61.7 Å². The Morgan fingerprint density at radius 2 is 1.91 bits per heavy atom. The van der Waals surface area contributed by atoms with Crippen molar-refractivity contribution >= 4 is 37.3 Å². The molecule has 0 spiro atoms. The van der Waals surface area contributed by atoms with Gasteiger partial charge in [0.15, 0.2) is 0 Å². The number of nitrogens with zero attached hydrogens (tertiary/aromatic N) is 1. The second kappa shape index (κ2) is 9.18. The number of nitrogens with one attached hydrogen (secondary N) is 2. The molecule has 0 unspecified atom stereocenters. The highest BCUT2D eigenvalue weighted by molar-refractivity contribution is 7.93. The Bertz CT molecular complexity index is 1190. The van der Waals surface area contributed by atoms with Crippen LogP contribution in [0.15, 0.2) is 53.4 Å². The summed E-state index contributed by atoms with van der Waals surface area (Å²) in [6, 6.07) is 12.3. The van der Waals surface area contributed by atoms with Crippen LogP contribution in [0.5, 0.6) is 0 Å². The van der Waals surface area contributed by atoms with Crippen LogP contribution in [0.25, 0.3) is 0 Å². The first kappa shape index (κ1) is 22.7. The molecule has 2 saturated heterocycles. The molecule has 2 aliphatic rings. The molecule has 172 valence electrons. The molecule has 2 N–H and O–H groups in total. The van der Waals surface area contributed by atoms with Crippen LogP contribution in [0.3, 0.4) is 0 Å². The molecule has 9 nitrogen and oxygen atoms in total. The number of sulfonamides is 2. The molecule has 4 rings (SSSR count). The second-order valence-electron chi connectivity index (χ2n) is 7.76. The third-order valence-corrected chi connectivity index (χ3v) is 8.73. The Morgan fingerprint density at radius 1 is 1.12 bits per heavy atom. The minimum Gasteiger partial charge on any atom is -0.377 e. The molecule has 32 heavy (non-hydrogen) atoms. The van der Waals surface area contributed by atoms with Crippen LogP contribution >= 0.6 is 0 Å². The molecule has 1 amide bonds. The maximum atomic E-state index is 12.7. The lowest BCUT2D eigenvalue weighted by Crippen LogP contribution is -2.32. The maximum absolute atomic E-state index is 12.7. The van der Waals surface area contributed by atoms with Gasteiger partial charge in [0.2, 0.25) is 20.0 Å². The Labute approximate surface area is 187 Å². The van der Waals surface area contributed by atoms with E-state index >= 15 is 0 Å². The van der Waals surface area contributed by atoms with E-state index in [1.54, 1.807) is 24.3 Å². The fourth-order valence-electron chi connectivity index (χ4n) is 3.74. The van der Waals surface area contributed by atoms with E-state index < -0.39 is 26.0 Å². The van der Waals surface area contributed by atoms with E-state index in [-0.39, 0.29) is 28.9 Å². The van der Waals surface area contributed by atoms with E-state index in [4.69, 9.17) is 4.74 Å². The minimum atomic E-state index is -3.78. The number of anilines is 2. The third-order valence-electron chi connectivity index (χ3n) is 5.44. The molecular weight excluding hydrogens is 454 g/mol. The summed E-state index contributed by atoms with van der Waals surface area (Å²) in [7, 11) is -7.05. The van der Waals surface area contributed by atoms with Crippen molar-refractivity contribution in [1.82, 2.24) is 4.72 Å². The van der Waals surface area contributed by atoms with E-state index in [1.165, 1.54) is 28.6 Å². The summed E-state index contributed by atoms with van der Waals surface area (Å²) in [5, 5.41) is 2.71. The molecule has 0 aromatic heterocycles. The van der Waals surface area contributed by atoms with Gasteiger partial charge < -0.3 is 10.1 Å². The van der Waals surface area contributed by atoms with Gasteiger partial charge in [-0.1, -0.05) is 6.07 Å². The monoisotopic (exact) mass is 479 g/mol. The average molecular weight is 480 g/mol. The lowest BCUT2D eigenvalue weighted by atomic mass is 10.2. The summed E-state index contributed by atoms with van der Waals surface area (Å²) in [6.45, 7) is 1.27. The minimum absolute atomic E-state index is 0.00210. The van der Waals surface area contributed by atoms with Crippen LogP contribution in [0.4, 0.5) is 11.4 Å². The van der Waals surface area contributed by atoms with E-state index in [1.807, 2.05) is 0 Å². The van der Waals surface area contributed by atoms with Crippen molar-refractivity contribution in [1.29, 1.82) is 0 Å². The normalized spacial score (nSPS) is 20.4. The van der Waals surface area contributed by atoms with Crippen molar-refractivity contribution in [2.75, 3.05) is 35.1 Å². The van der Waals surface area contributed by atoms with Gasteiger partial charge in [0.25, 0.3) is 5.91 Å². The molecular formula is C21H25N3O6S2. The summed E-state index contributed by atoms with van der Waals surface area (Å²) in [5.74, 6) is -0.337. The number of carbonyl (C=O) groups is 1. The number of rotatable bonds is 7. The number of ether oxygens (including phenoxy) is 1. The van der Waals surface area contributed by atoms with Crippen LogP contribution in [-0.2, 0) is 24.8 Å². The van der Waals surface area contributed by atoms with Crippen molar-refractivity contribution in [2.45, 2.75) is 30.3 Å². The van der Waals surface area contributed by atoms with Gasteiger partial charge in [-0.2, -0.15) is 0 Å². The molecule has 0 aliphatic carbocycles. The van der Waals surface area contributed by atoms with E-state index in [9.17, 15) is 21.6 Å². The zero-order chi connectivity index (χ0) is 22.8. The van der Waals surface area contributed by atoms with Crippen LogP contribution in [0.2, 0.25) is 0 Å². The van der Waals surface area contributed by atoms with Crippen molar-refractivity contribution in [3.8, 4) is 0 Å². The fraction of sp³-hybridized carbons (Fsp3) is 0.381. The topological polar surface area (TPSA) is 122 Å². The molecule has 0 bridgehead atoms. The molecule has 2 heterocycles. The lowest BCUT2D eigenvalue weighted by Gasteiger charge is -2.17. The Morgan fingerprint density at radius 3 is 2.56 bits per heavy atom. The molecule has 2 fully saturated rings. The zero-order valence-corrected chi connectivity index (χ0v) is 19.0. The van der Waals surface area contributed by atoms with E-state index in [2.05, 4.69) is 10.0 Å². The Kier molecular flexibility index (Phi) is 6.52. The van der Waals surface area contributed by atoms with Crippen LogP contribution < -0.4 is 14.3 Å². The molecule has 0 radical (unpaired) electrons. The highest BCUT2D eigenvalue weighted by atomic mass is 32.2. The van der Waals surface area contributed by atoms with E-state index in [0.717, 1.165) is 12.8 Å². The van der Waals surface area contributed by atoms with Gasteiger partial charge in [-0.15, -0.1) is 0 Å². The molecule has 2 aromatic rings. The molecule has 11 heteroatoms. The Balaban J connectivity index is 1.42. The molecule has 1 atom stereocenters. The molecule has 2 aliphatic heterocycles. The predicted molar refractivity (Wildman–Crippen MR) is 121 cm³/mol. The van der Waals surface area contributed by atoms with Crippen LogP contribution in [0.1, 0.15) is 29.6 Å². The van der Waals surface area contributed by atoms with Gasteiger partial charge in [-0.3, -0.25) is 9.10 Å². The van der Waals surface area contributed by atoms with Crippen molar-refractivity contribution in [2.24, 2.45) is 0 Å². The third kappa shape index (κ3) is 5.12. The van der Waals surface area contributed by atoms with Crippen molar-refractivity contribution < 1.29 is 26.4 Å². The second-order valence-corrected chi connectivity index (χ2v) is 11.5. The highest BCUT2D eigenvalue weighted by Crippen LogP contribution is 2.25.